The molecule has 1 heterocycles. The van der Waals surface area contributed by atoms with Crippen molar-refractivity contribution in [1.82, 2.24) is 9.62 Å². The number of benzene rings is 1. The van der Waals surface area contributed by atoms with Crippen molar-refractivity contribution in [3.8, 4) is 0 Å². The van der Waals surface area contributed by atoms with Crippen LogP contribution in [0.25, 0.3) is 0 Å². The molecule has 120 valence electrons. The maximum atomic E-state index is 13.8. The summed E-state index contributed by atoms with van der Waals surface area (Å²) >= 11 is 0. The number of carbonyl (C=O) groups excluding carboxylic acids is 1. The van der Waals surface area contributed by atoms with Crippen molar-refractivity contribution >= 4 is 15.9 Å². The van der Waals surface area contributed by atoms with Gasteiger partial charge in [-0.2, -0.15) is 4.31 Å². The fourth-order valence-corrected chi connectivity index (χ4v) is 4.36. The zero-order chi connectivity index (χ0) is 15.9. The first-order valence-corrected chi connectivity index (χ1v) is 8.61. The molecule has 1 atom stereocenters. The van der Waals surface area contributed by atoms with Crippen molar-refractivity contribution < 1.29 is 22.0 Å². The number of rotatable bonds is 4. The molecule has 1 aromatic rings. The minimum absolute atomic E-state index is 0.114. The van der Waals surface area contributed by atoms with Crippen molar-refractivity contribution in [2.45, 2.75) is 42.7 Å². The van der Waals surface area contributed by atoms with E-state index in [1.807, 2.05) is 0 Å². The molecule has 1 aliphatic heterocycles. The monoisotopic (exact) mass is 330 g/mol. The second-order valence-electron chi connectivity index (χ2n) is 5.61. The van der Waals surface area contributed by atoms with Crippen LogP contribution in [0.4, 0.5) is 8.78 Å². The van der Waals surface area contributed by atoms with E-state index in [1.54, 1.807) is 0 Å². The third-order valence-corrected chi connectivity index (χ3v) is 5.86. The second-order valence-corrected chi connectivity index (χ2v) is 7.47. The zero-order valence-electron chi connectivity index (χ0n) is 11.8. The van der Waals surface area contributed by atoms with Gasteiger partial charge in [0.25, 0.3) is 0 Å². The largest absolute Gasteiger partial charge is 0.352 e. The summed E-state index contributed by atoms with van der Waals surface area (Å²) < 4.78 is 53.2. The Balaban J connectivity index is 1.89. The topological polar surface area (TPSA) is 66.5 Å². The summed E-state index contributed by atoms with van der Waals surface area (Å²) in [4.78, 5) is 11.4. The van der Waals surface area contributed by atoms with Crippen LogP contribution in [-0.2, 0) is 14.8 Å². The smallest absolute Gasteiger partial charge is 0.246 e. The van der Waals surface area contributed by atoms with Crippen molar-refractivity contribution in [2.75, 3.05) is 6.54 Å². The summed E-state index contributed by atoms with van der Waals surface area (Å²) in [5.41, 5.74) is 0. The standard InChI is InChI=1S/C14H16F2N2O3S/c15-10-3-1-5-12(13(10)16)22(20,21)18-8-2-4-11(18)14(19)17-9-6-7-9/h1,3,5,9,11H,2,4,6-8H2,(H,17,19)/t11-/m0/s1. The molecule has 3 rings (SSSR count). The van der Waals surface area contributed by atoms with E-state index in [0.717, 1.165) is 35.3 Å². The van der Waals surface area contributed by atoms with Gasteiger partial charge in [-0.3, -0.25) is 4.79 Å². The lowest BCUT2D eigenvalue weighted by Gasteiger charge is -2.23. The Kier molecular flexibility index (Phi) is 3.90. The van der Waals surface area contributed by atoms with Crippen LogP contribution in [-0.4, -0.2) is 37.3 Å². The molecule has 0 radical (unpaired) electrons. The van der Waals surface area contributed by atoms with E-state index >= 15 is 0 Å². The van der Waals surface area contributed by atoms with Gasteiger partial charge in [0.15, 0.2) is 11.6 Å². The number of nitrogens with zero attached hydrogens (tertiary/aromatic N) is 1. The molecule has 1 amide bonds. The minimum atomic E-state index is -4.24. The molecule has 22 heavy (non-hydrogen) atoms. The Morgan fingerprint density at radius 3 is 2.64 bits per heavy atom. The number of hydrogen-bond acceptors (Lipinski definition) is 3. The first kappa shape index (κ1) is 15.4. The highest BCUT2D eigenvalue weighted by atomic mass is 32.2. The van der Waals surface area contributed by atoms with Gasteiger partial charge in [-0.05, 0) is 37.8 Å². The average Bonchev–Trinajstić information content (AvgIpc) is 3.13. The van der Waals surface area contributed by atoms with Gasteiger partial charge in [0.1, 0.15) is 10.9 Å². The Hall–Kier alpha value is -1.54. The highest BCUT2D eigenvalue weighted by molar-refractivity contribution is 7.89. The predicted molar refractivity (Wildman–Crippen MR) is 74.4 cm³/mol. The summed E-state index contributed by atoms with van der Waals surface area (Å²) in [6, 6.07) is 2.27. The summed E-state index contributed by atoms with van der Waals surface area (Å²) in [6.45, 7) is 0.126. The van der Waals surface area contributed by atoms with Crippen molar-refractivity contribution in [3.63, 3.8) is 0 Å². The number of sulfonamides is 1. The molecule has 5 nitrogen and oxygen atoms in total. The molecule has 0 bridgehead atoms. The van der Waals surface area contributed by atoms with Gasteiger partial charge in [0.2, 0.25) is 15.9 Å². The summed E-state index contributed by atoms with van der Waals surface area (Å²) in [7, 11) is -4.24. The van der Waals surface area contributed by atoms with E-state index in [-0.39, 0.29) is 18.5 Å². The lowest BCUT2D eigenvalue weighted by atomic mass is 10.2. The Morgan fingerprint density at radius 1 is 1.23 bits per heavy atom. The Bertz CT molecular complexity index is 704. The lowest BCUT2D eigenvalue weighted by molar-refractivity contribution is -0.124. The normalized spacial score (nSPS) is 22.7. The zero-order valence-corrected chi connectivity index (χ0v) is 12.6. The Labute approximate surface area is 127 Å². The minimum Gasteiger partial charge on any atom is -0.352 e. The van der Waals surface area contributed by atoms with Crippen LogP contribution in [0.2, 0.25) is 0 Å². The van der Waals surface area contributed by atoms with Crippen LogP contribution in [0.15, 0.2) is 23.1 Å². The molecular formula is C14H16F2N2O3S. The quantitative estimate of drug-likeness (QED) is 0.907. The highest BCUT2D eigenvalue weighted by Crippen LogP contribution is 2.29. The summed E-state index contributed by atoms with van der Waals surface area (Å²) in [5.74, 6) is -2.99. The lowest BCUT2D eigenvalue weighted by Crippen LogP contribution is -2.46. The van der Waals surface area contributed by atoms with Crippen molar-refractivity contribution in [1.29, 1.82) is 0 Å². The van der Waals surface area contributed by atoms with E-state index in [1.165, 1.54) is 0 Å². The molecule has 1 aromatic carbocycles. The molecule has 2 fully saturated rings. The molecule has 1 N–H and O–H groups in total. The van der Waals surface area contributed by atoms with Gasteiger partial charge in [-0.15, -0.1) is 0 Å². The van der Waals surface area contributed by atoms with Gasteiger partial charge in [0, 0.05) is 12.6 Å². The van der Waals surface area contributed by atoms with Gasteiger partial charge in [0.05, 0.1) is 0 Å². The number of hydrogen-bond donors (Lipinski definition) is 1. The van der Waals surface area contributed by atoms with E-state index in [4.69, 9.17) is 0 Å². The van der Waals surface area contributed by atoms with Gasteiger partial charge < -0.3 is 5.32 Å². The highest BCUT2D eigenvalue weighted by Gasteiger charge is 2.42. The van der Waals surface area contributed by atoms with Crippen LogP contribution in [0.1, 0.15) is 25.7 Å². The van der Waals surface area contributed by atoms with Crippen LogP contribution in [0.3, 0.4) is 0 Å². The van der Waals surface area contributed by atoms with Crippen LogP contribution in [0.5, 0.6) is 0 Å². The molecule has 1 saturated heterocycles. The fourth-order valence-electron chi connectivity index (χ4n) is 2.62. The molecule has 1 aliphatic carbocycles. The van der Waals surface area contributed by atoms with Crippen LogP contribution in [0, 0.1) is 11.6 Å². The SMILES string of the molecule is O=C(NC1CC1)[C@@H]1CCCN1S(=O)(=O)c1cccc(F)c1F. The van der Waals surface area contributed by atoms with Gasteiger partial charge in [-0.25, -0.2) is 17.2 Å². The number of amides is 1. The van der Waals surface area contributed by atoms with Crippen molar-refractivity contribution in [2.24, 2.45) is 0 Å². The van der Waals surface area contributed by atoms with Gasteiger partial charge >= 0.3 is 0 Å². The molecular weight excluding hydrogens is 314 g/mol. The third-order valence-electron chi connectivity index (χ3n) is 3.93. The first-order valence-electron chi connectivity index (χ1n) is 7.17. The molecule has 0 spiro atoms. The molecule has 0 unspecified atom stereocenters. The summed E-state index contributed by atoms with van der Waals surface area (Å²) in [6.07, 6.45) is 2.68. The molecule has 8 heteroatoms. The van der Waals surface area contributed by atoms with Gasteiger partial charge in [-0.1, -0.05) is 6.07 Å². The maximum absolute atomic E-state index is 13.8. The number of halogens is 2. The summed E-state index contributed by atoms with van der Waals surface area (Å²) in [5, 5.41) is 2.76. The Morgan fingerprint density at radius 2 is 1.95 bits per heavy atom. The maximum Gasteiger partial charge on any atom is 0.246 e. The first-order chi connectivity index (χ1) is 10.4. The number of nitrogens with one attached hydrogen (secondary N) is 1. The van der Waals surface area contributed by atoms with Crippen molar-refractivity contribution in [3.05, 3.63) is 29.8 Å². The average molecular weight is 330 g/mol. The molecule has 2 aliphatic rings. The molecule has 1 saturated carbocycles. The van der Waals surface area contributed by atoms with E-state index in [0.29, 0.717) is 12.8 Å². The number of carbonyl (C=O) groups is 1. The van der Waals surface area contributed by atoms with Crippen LogP contribution < -0.4 is 5.32 Å². The van der Waals surface area contributed by atoms with E-state index in [2.05, 4.69) is 5.32 Å². The van der Waals surface area contributed by atoms with Crippen LogP contribution >= 0.6 is 0 Å². The van der Waals surface area contributed by atoms with E-state index < -0.39 is 32.6 Å². The third kappa shape index (κ3) is 2.72. The van der Waals surface area contributed by atoms with E-state index in [9.17, 15) is 22.0 Å². The second kappa shape index (κ2) is 5.58. The predicted octanol–water partition coefficient (Wildman–Crippen LogP) is 1.40. The fraction of sp³-hybridized carbons (Fsp3) is 0.500. The molecule has 0 aromatic heterocycles.